The number of para-hydroxylation sites is 1. The second kappa shape index (κ2) is 4.55. The summed E-state index contributed by atoms with van der Waals surface area (Å²) >= 11 is 0. The molecule has 0 aliphatic carbocycles. The first-order chi connectivity index (χ1) is 8.07. The van der Waals surface area contributed by atoms with Gasteiger partial charge in [-0.3, -0.25) is 0 Å². The molecule has 1 atom stereocenters. The molecule has 0 saturated heterocycles. The molecule has 0 aromatic heterocycles. The molecule has 1 aromatic rings. The fourth-order valence-corrected chi connectivity index (χ4v) is 2.24. The number of fused-ring (bicyclic) bond motifs is 1. The van der Waals surface area contributed by atoms with Crippen LogP contribution in [0.4, 0.5) is 0 Å². The van der Waals surface area contributed by atoms with Crippen molar-refractivity contribution in [2.45, 2.75) is 31.9 Å². The lowest BCUT2D eigenvalue weighted by atomic mass is 9.90. The summed E-state index contributed by atoms with van der Waals surface area (Å²) in [5, 5.41) is 0. The van der Waals surface area contributed by atoms with E-state index in [-0.39, 0.29) is 11.6 Å². The molecular formula is C13H19NO3. The van der Waals surface area contributed by atoms with E-state index in [1.807, 2.05) is 18.2 Å². The highest BCUT2D eigenvalue weighted by Gasteiger charge is 2.35. The second-order valence-electron chi connectivity index (χ2n) is 4.82. The van der Waals surface area contributed by atoms with Gasteiger partial charge < -0.3 is 14.3 Å². The van der Waals surface area contributed by atoms with Crippen LogP contribution < -0.4 is 15.0 Å². The number of hydrogen-bond acceptors (Lipinski definition) is 4. The Morgan fingerprint density at radius 2 is 2.12 bits per heavy atom. The van der Waals surface area contributed by atoms with Crippen LogP contribution in [0.5, 0.6) is 11.5 Å². The standard InChI is InChI=1S/C13H19NO3/c1-13(2)8-10(14-16-4)9-6-5-7-11(15-3)12(9)17-13/h5-7,10,14H,8H2,1-4H3. The summed E-state index contributed by atoms with van der Waals surface area (Å²) in [6.07, 6.45) is 0.848. The van der Waals surface area contributed by atoms with E-state index in [1.165, 1.54) is 0 Å². The van der Waals surface area contributed by atoms with Crippen molar-refractivity contribution in [3.63, 3.8) is 0 Å². The fraction of sp³-hybridized carbons (Fsp3) is 0.538. The molecular weight excluding hydrogens is 218 g/mol. The quantitative estimate of drug-likeness (QED) is 0.820. The maximum atomic E-state index is 6.00. The van der Waals surface area contributed by atoms with E-state index in [1.54, 1.807) is 14.2 Å². The minimum Gasteiger partial charge on any atom is -0.493 e. The highest BCUT2D eigenvalue weighted by molar-refractivity contribution is 5.49. The molecule has 0 fully saturated rings. The van der Waals surface area contributed by atoms with Gasteiger partial charge in [0.15, 0.2) is 11.5 Å². The van der Waals surface area contributed by atoms with Crippen molar-refractivity contribution in [2.24, 2.45) is 0 Å². The number of hydroxylamine groups is 1. The van der Waals surface area contributed by atoms with Crippen molar-refractivity contribution in [3.8, 4) is 11.5 Å². The van der Waals surface area contributed by atoms with Crippen LogP contribution in [0.25, 0.3) is 0 Å². The van der Waals surface area contributed by atoms with E-state index in [2.05, 4.69) is 19.3 Å². The van der Waals surface area contributed by atoms with Gasteiger partial charge >= 0.3 is 0 Å². The maximum Gasteiger partial charge on any atom is 0.166 e. The predicted molar refractivity (Wildman–Crippen MR) is 65.2 cm³/mol. The molecule has 17 heavy (non-hydrogen) atoms. The van der Waals surface area contributed by atoms with Crippen LogP contribution in [-0.4, -0.2) is 19.8 Å². The van der Waals surface area contributed by atoms with Gasteiger partial charge in [0.05, 0.1) is 20.3 Å². The van der Waals surface area contributed by atoms with Gasteiger partial charge in [0.1, 0.15) is 5.60 Å². The maximum absolute atomic E-state index is 6.00. The van der Waals surface area contributed by atoms with Gasteiger partial charge in [-0.15, -0.1) is 0 Å². The van der Waals surface area contributed by atoms with E-state index in [0.717, 1.165) is 23.5 Å². The minimum atomic E-state index is -0.238. The Bertz CT molecular complexity index is 404. The van der Waals surface area contributed by atoms with E-state index in [0.29, 0.717) is 0 Å². The Morgan fingerprint density at radius 1 is 1.35 bits per heavy atom. The summed E-state index contributed by atoms with van der Waals surface area (Å²) in [7, 11) is 3.28. The highest BCUT2D eigenvalue weighted by atomic mass is 16.6. The number of rotatable bonds is 3. The topological polar surface area (TPSA) is 39.7 Å². The van der Waals surface area contributed by atoms with E-state index < -0.39 is 0 Å². The molecule has 0 bridgehead atoms. The molecule has 1 aliphatic rings. The molecule has 1 unspecified atom stereocenters. The largest absolute Gasteiger partial charge is 0.493 e. The average Bonchev–Trinajstić information content (AvgIpc) is 2.27. The summed E-state index contributed by atoms with van der Waals surface area (Å²) in [5.74, 6) is 1.57. The predicted octanol–water partition coefficient (Wildman–Crippen LogP) is 2.45. The van der Waals surface area contributed by atoms with Crippen molar-refractivity contribution in [1.82, 2.24) is 5.48 Å². The first-order valence-electron chi connectivity index (χ1n) is 5.72. The zero-order chi connectivity index (χ0) is 12.5. The lowest BCUT2D eigenvalue weighted by molar-refractivity contribution is 0.00158. The van der Waals surface area contributed by atoms with Crippen molar-refractivity contribution in [3.05, 3.63) is 23.8 Å². The molecule has 1 heterocycles. The summed E-state index contributed by atoms with van der Waals surface area (Å²) in [5.41, 5.74) is 3.85. The fourth-order valence-electron chi connectivity index (χ4n) is 2.24. The lowest BCUT2D eigenvalue weighted by Crippen LogP contribution is -2.39. The van der Waals surface area contributed by atoms with Crippen molar-refractivity contribution in [2.75, 3.05) is 14.2 Å². The zero-order valence-corrected chi connectivity index (χ0v) is 10.7. The third-order valence-electron chi connectivity index (χ3n) is 2.94. The number of benzene rings is 1. The first kappa shape index (κ1) is 12.2. The monoisotopic (exact) mass is 237 g/mol. The molecule has 0 saturated carbocycles. The summed E-state index contributed by atoms with van der Waals surface area (Å²) in [4.78, 5) is 5.06. The van der Waals surface area contributed by atoms with Crippen LogP contribution >= 0.6 is 0 Å². The number of ether oxygens (including phenoxy) is 2. The SMILES string of the molecule is CONC1CC(C)(C)Oc2c(OC)cccc21. The Hall–Kier alpha value is -1.26. The summed E-state index contributed by atoms with van der Waals surface area (Å²) < 4.78 is 11.3. The van der Waals surface area contributed by atoms with Crippen molar-refractivity contribution >= 4 is 0 Å². The van der Waals surface area contributed by atoms with E-state index >= 15 is 0 Å². The molecule has 2 rings (SSSR count). The third kappa shape index (κ3) is 2.37. The molecule has 1 aliphatic heterocycles. The Labute approximate surface area is 102 Å². The first-order valence-corrected chi connectivity index (χ1v) is 5.72. The van der Waals surface area contributed by atoms with Crippen LogP contribution in [0.15, 0.2) is 18.2 Å². The number of hydrogen-bond donors (Lipinski definition) is 1. The molecule has 94 valence electrons. The Kier molecular flexibility index (Phi) is 3.26. The summed E-state index contributed by atoms with van der Waals surface area (Å²) in [6.45, 7) is 4.12. The third-order valence-corrected chi connectivity index (χ3v) is 2.94. The highest BCUT2D eigenvalue weighted by Crippen LogP contribution is 2.44. The second-order valence-corrected chi connectivity index (χ2v) is 4.82. The zero-order valence-electron chi connectivity index (χ0n) is 10.7. The Balaban J connectivity index is 2.44. The van der Waals surface area contributed by atoms with Crippen LogP contribution in [0.3, 0.4) is 0 Å². The number of nitrogens with one attached hydrogen (secondary N) is 1. The lowest BCUT2D eigenvalue weighted by Gasteiger charge is -2.38. The van der Waals surface area contributed by atoms with Crippen LogP contribution in [0, 0.1) is 0 Å². The molecule has 0 radical (unpaired) electrons. The van der Waals surface area contributed by atoms with Gasteiger partial charge in [-0.2, -0.15) is 5.48 Å². The number of methoxy groups -OCH3 is 1. The summed E-state index contributed by atoms with van der Waals surface area (Å²) in [6, 6.07) is 6.02. The minimum absolute atomic E-state index is 0.119. The average molecular weight is 237 g/mol. The van der Waals surface area contributed by atoms with Crippen LogP contribution in [0.1, 0.15) is 31.9 Å². The van der Waals surface area contributed by atoms with Gasteiger partial charge in [-0.25, -0.2) is 0 Å². The Morgan fingerprint density at radius 3 is 2.76 bits per heavy atom. The van der Waals surface area contributed by atoms with Gasteiger partial charge in [0.2, 0.25) is 0 Å². The molecule has 4 nitrogen and oxygen atoms in total. The normalized spacial score (nSPS) is 21.5. The van der Waals surface area contributed by atoms with Gasteiger partial charge in [0.25, 0.3) is 0 Å². The molecule has 4 heteroatoms. The van der Waals surface area contributed by atoms with Crippen molar-refractivity contribution < 1.29 is 14.3 Å². The molecule has 1 N–H and O–H groups in total. The van der Waals surface area contributed by atoms with Gasteiger partial charge in [0, 0.05) is 12.0 Å². The smallest absolute Gasteiger partial charge is 0.166 e. The molecule has 0 amide bonds. The molecule has 0 spiro atoms. The van der Waals surface area contributed by atoms with E-state index in [4.69, 9.17) is 14.3 Å². The van der Waals surface area contributed by atoms with Crippen molar-refractivity contribution in [1.29, 1.82) is 0 Å². The van der Waals surface area contributed by atoms with Crippen LogP contribution in [0.2, 0.25) is 0 Å². The molecule has 1 aromatic carbocycles. The van der Waals surface area contributed by atoms with Crippen LogP contribution in [-0.2, 0) is 4.84 Å². The van der Waals surface area contributed by atoms with Gasteiger partial charge in [-0.05, 0) is 19.9 Å². The van der Waals surface area contributed by atoms with E-state index in [9.17, 15) is 0 Å². The van der Waals surface area contributed by atoms with Gasteiger partial charge in [-0.1, -0.05) is 12.1 Å².